The number of hydrogen-bond donors (Lipinski definition) is 0. The van der Waals surface area contributed by atoms with E-state index >= 15 is 0 Å². The normalized spacial score (nSPS) is 14.5. The van der Waals surface area contributed by atoms with Gasteiger partial charge in [0.1, 0.15) is 23.0 Å². The highest BCUT2D eigenvalue weighted by atomic mass is 16.5. The highest BCUT2D eigenvalue weighted by Gasteiger charge is 2.52. The Balaban J connectivity index is 1.24. The molecule has 4 aliphatic heterocycles. The Bertz CT molecular complexity index is 2290. The highest BCUT2D eigenvalue weighted by Crippen LogP contribution is 2.58. The first-order valence-corrected chi connectivity index (χ1v) is 17.0. The molecule has 7 aromatic rings. The number of benzene rings is 7. The van der Waals surface area contributed by atoms with Gasteiger partial charge in [0.2, 0.25) is 0 Å². The van der Waals surface area contributed by atoms with Crippen LogP contribution in [-0.2, 0) is 0 Å². The lowest BCUT2D eigenvalue weighted by atomic mass is 9.64. The largest absolute Gasteiger partial charge is 0.456 e. The van der Waals surface area contributed by atoms with E-state index in [-0.39, 0.29) is 14.0 Å². The van der Waals surface area contributed by atoms with Crippen LogP contribution in [0.25, 0.3) is 0 Å². The Morgan fingerprint density at radius 2 is 0.640 bits per heavy atom. The summed E-state index contributed by atoms with van der Waals surface area (Å²) in [7, 11) is 0. The molecule has 0 saturated heterocycles. The van der Waals surface area contributed by atoms with E-state index in [1.54, 1.807) is 0 Å². The summed E-state index contributed by atoms with van der Waals surface area (Å²) in [6.07, 6.45) is 0. The smallest absolute Gasteiger partial charge is 0.424 e. The summed E-state index contributed by atoms with van der Waals surface area (Å²) in [5.41, 5.74) is 10.9. The third-order valence-electron chi connectivity index (χ3n) is 10.2. The van der Waals surface area contributed by atoms with Gasteiger partial charge in [0.25, 0.3) is 0 Å². The van der Waals surface area contributed by atoms with Crippen molar-refractivity contribution in [3.63, 3.8) is 0 Å². The zero-order valence-electron chi connectivity index (χ0n) is 26.9. The van der Waals surface area contributed by atoms with Gasteiger partial charge in [-0.2, -0.15) is 0 Å². The Kier molecular flexibility index (Phi) is 5.75. The summed E-state index contributed by atoms with van der Waals surface area (Å²) in [5.74, 6) is 3.38. The maximum atomic E-state index is 6.69. The molecule has 7 aromatic carbocycles. The monoisotopic (exact) mass is 642 g/mol. The van der Waals surface area contributed by atoms with Crippen LogP contribution in [0.5, 0.6) is 23.0 Å². The van der Waals surface area contributed by atoms with Crippen LogP contribution in [0.15, 0.2) is 170 Å². The third kappa shape index (κ3) is 3.81. The predicted octanol–water partition coefficient (Wildman–Crippen LogP) is 9.27. The molecule has 0 unspecified atom stereocenters. The molecule has 0 bridgehead atoms. The van der Waals surface area contributed by atoms with E-state index in [1.165, 1.54) is 0 Å². The molecule has 0 amide bonds. The van der Waals surface area contributed by atoms with Gasteiger partial charge in [-0.15, -0.1) is 0 Å². The van der Waals surface area contributed by atoms with Crippen LogP contribution in [0.2, 0.25) is 0 Å². The summed E-state index contributed by atoms with van der Waals surface area (Å²) in [5, 5.41) is 0. The average Bonchev–Trinajstić information content (AvgIpc) is 3.56. The molecular formula is C42H28B2N4O2. The molecule has 0 aromatic heterocycles. The molecule has 0 aliphatic carbocycles. The van der Waals surface area contributed by atoms with Crippen molar-refractivity contribution in [2.45, 2.75) is 0 Å². The van der Waals surface area contributed by atoms with Gasteiger partial charge in [0.05, 0.1) is 34.1 Å². The average molecular weight is 642 g/mol. The van der Waals surface area contributed by atoms with E-state index in [4.69, 9.17) is 9.47 Å². The molecule has 234 valence electrons. The first-order valence-electron chi connectivity index (χ1n) is 17.0. The standard InChI is InChI=1S/C42H28B2N4O2/c1-3-15-29(16-4-1)45-35-27-38-36(28-37(35)47-33-21-9-13-25-41(33)49-39-23-11-7-19-31(39)43(45)47)46(30-17-5-2-6-18-30)44-32-20-8-12-24-40(32)50-42-26-14-10-22-34(42)48(38)44/h1-28H. The van der Waals surface area contributed by atoms with Crippen molar-refractivity contribution in [3.05, 3.63) is 170 Å². The molecule has 6 nitrogen and oxygen atoms in total. The maximum Gasteiger partial charge on any atom is 0.424 e. The summed E-state index contributed by atoms with van der Waals surface area (Å²) in [4.78, 5) is 9.85. The van der Waals surface area contributed by atoms with E-state index in [0.29, 0.717) is 0 Å². The minimum Gasteiger partial charge on any atom is -0.456 e. The number of fused-ring (bicyclic) bond motifs is 14. The second kappa shape index (κ2) is 10.5. The van der Waals surface area contributed by atoms with Gasteiger partial charge >= 0.3 is 14.0 Å². The van der Waals surface area contributed by atoms with E-state index in [1.807, 2.05) is 12.1 Å². The number of rotatable bonds is 2. The molecule has 11 rings (SSSR count). The van der Waals surface area contributed by atoms with Gasteiger partial charge in [-0.25, -0.2) is 0 Å². The molecule has 4 aliphatic rings. The highest BCUT2D eigenvalue weighted by molar-refractivity contribution is 6.87. The molecule has 4 heterocycles. The van der Waals surface area contributed by atoms with Crippen molar-refractivity contribution in [1.29, 1.82) is 0 Å². The van der Waals surface area contributed by atoms with Gasteiger partial charge in [0.15, 0.2) is 0 Å². The lowest BCUT2D eigenvalue weighted by Crippen LogP contribution is -2.53. The van der Waals surface area contributed by atoms with Crippen molar-refractivity contribution < 1.29 is 9.47 Å². The fourth-order valence-electron chi connectivity index (χ4n) is 8.20. The van der Waals surface area contributed by atoms with Crippen LogP contribution in [0.3, 0.4) is 0 Å². The molecule has 0 atom stereocenters. The van der Waals surface area contributed by atoms with Crippen LogP contribution in [0, 0.1) is 0 Å². The second-order valence-corrected chi connectivity index (χ2v) is 12.9. The van der Waals surface area contributed by atoms with Crippen LogP contribution in [0.1, 0.15) is 0 Å². The Hall–Kier alpha value is -6.53. The van der Waals surface area contributed by atoms with Crippen molar-refractivity contribution in [2.75, 3.05) is 19.2 Å². The minimum absolute atomic E-state index is 0.184. The summed E-state index contributed by atoms with van der Waals surface area (Å²) < 4.78 is 13.4. The molecule has 0 fully saturated rings. The number of hydrogen-bond acceptors (Lipinski definition) is 6. The first kappa shape index (κ1) is 27.4. The first-order chi connectivity index (χ1) is 24.8. The molecule has 0 N–H and O–H groups in total. The topological polar surface area (TPSA) is 31.4 Å². The fraction of sp³-hybridized carbons (Fsp3) is 0. The number of nitrogens with zero attached hydrogens (tertiary/aromatic N) is 4. The molecule has 0 saturated carbocycles. The molecule has 0 radical (unpaired) electrons. The Labute approximate surface area is 291 Å². The molecule has 8 heteroatoms. The van der Waals surface area contributed by atoms with Gasteiger partial charge in [0, 0.05) is 22.3 Å². The van der Waals surface area contributed by atoms with Gasteiger partial charge in [-0.3, -0.25) is 0 Å². The zero-order valence-corrected chi connectivity index (χ0v) is 26.9. The maximum absolute atomic E-state index is 6.69. The number of ether oxygens (including phenoxy) is 2. The van der Waals surface area contributed by atoms with Crippen LogP contribution in [0.4, 0.5) is 45.5 Å². The van der Waals surface area contributed by atoms with Crippen LogP contribution >= 0.6 is 0 Å². The minimum atomic E-state index is -0.184. The van der Waals surface area contributed by atoms with Gasteiger partial charge in [-0.1, -0.05) is 97.1 Å². The summed E-state index contributed by atoms with van der Waals surface area (Å²) in [6.45, 7) is -0.368. The van der Waals surface area contributed by atoms with Gasteiger partial charge < -0.3 is 28.7 Å². The van der Waals surface area contributed by atoms with Crippen LogP contribution < -0.4 is 39.6 Å². The SMILES string of the molecule is c1ccc(N2B3c4ccccc4Oc4ccccc4N3c3cc4c(cc32)N2B(c3ccccc3Oc3ccccc32)N4c2ccccc2)cc1. The second-order valence-electron chi connectivity index (χ2n) is 12.9. The van der Waals surface area contributed by atoms with E-state index < -0.39 is 0 Å². The van der Waals surface area contributed by atoms with Crippen molar-refractivity contribution in [2.24, 2.45) is 0 Å². The molecular weight excluding hydrogens is 614 g/mol. The van der Waals surface area contributed by atoms with Gasteiger partial charge in [-0.05, 0) is 72.8 Å². The Morgan fingerprint density at radius 1 is 0.300 bits per heavy atom. The summed E-state index contributed by atoms with van der Waals surface area (Å²) >= 11 is 0. The zero-order chi connectivity index (χ0) is 32.8. The summed E-state index contributed by atoms with van der Waals surface area (Å²) in [6, 6.07) is 59.8. The van der Waals surface area contributed by atoms with Crippen molar-refractivity contribution in [1.82, 2.24) is 0 Å². The third-order valence-corrected chi connectivity index (χ3v) is 10.2. The fourth-order valence-corrected chi connectivity index (χ4v) is 8.20. The van der Waals surface area contributed by atoms with Crippen LogP contribution in [-0.4, -0.2) is 14.0 Å². The lowest BCUT2D eigenvalue weighted by molar-refractivity contribution is 0.489. The molecule has 50 heavy (non-hydrogen) atoms. The Morgan fingerprint density at radius 3 is 1.08 bits per heavy atom. The quantitative estimate of drug-likeness (QED) is 0.175. The predicted molar refractivity (Wildman–Crippen MR) is 205 cm³/mol. The van der Waals surface area contributed by atoms with E-state index in [2.05, 4.69) is 177 Å². The van der Waals surface area contributed by atoms with Crippen molar-refractivity contribution >= 4 is 70.4 Å². The van der Waals surface area contributed by atoms with Crippen molar-refractivity contribution in [3.8, 4) is 23.0 Å². The number of anilines is 8. The van der Waals surface area contributed by atoms with E-state index in [0.717, 1.165) is 79.4 Å². The lowest BCUT2D eigenvalue weighted by Gasteiger charge is -2.30. The number of para-hydroxylation sites is 8. The van der Waals surface area contributed by atoms with E-state index in [9.17, 15) is 0 Å². The molecule has 0 spiro atoms.